The molecule has 13 heteroatoms. The number of esters is 1. The Kier molecular flexibility index (Phi) is 16.1. The lowest BCUT2D eigenvalue weighted by Gasteiger charge is -2.41. The van der Waals surface area contributed by atoms with E-state index in [1.807, 2.05) is 18.2 Å². The zero-order chi connectivity index (χ0) is 36.8. The molecule has 2 aromatic rings. The maximum absolute atomic E-state index is 14.9. The van der Waals surface area contributed by atoms with Crippen molar-refractivity contribution < 1.29 is 29.0 Å². The minimum Gasteiger partial charge on any atom is -0.461 e. The standard InChI is InChI=1S/C38H58N6O6S/c1-26(2)50-37(49)35(47)32(20-27-12-6-4-7-13-27)44(24-28-14-8-5-9-15-28)36(48)29(21-31-25-51-38(39)42-31)22-33(45)41-23-34(46)43(3)19-17-30-16-10-11-18-40-30/h10-11,16,18,25-29,32,35,47H,4-9,12-15,17,19-24H2,1-3H3,(H2,39,42)(H,41,45)/t29-,32+,35-/m1/s1. The van der Waals surface area contributed by atoms with Gasteiger partial charge in [-0.05, 0) is 57.1 Å². The largest absolute Gasteiger partial charge is 0.461 e. The maximum Gasteiger partial charge on any atom is 0.337 e. The highest BCUT2D eigenvalue weighted by atomic mass is 32.1. The Morgan fingerprint density at radius 3 is 2.31 bits per heavy atom. The van der Waals surface area contributed by atoms with Crippen LogP contribution in [0.2, 0.25) is 0 Å². The number of anilines is 1. The normalized spacial score (nSPS) is 17.4. The average molecular weight is 727 g/mol. The Labute approximate surface area is 306 Å². The highest BCUT2D eigenvalue weighted by molar-refractivity contribution is 7.13. The molecule has 12 nitrogen and oxygen atoms in total. The first-order valence-electron chi connectivity index (χ1n) is 18.8. The van der Waals surface area contributed by atoms with Crippen molar-refractivity contribution in [1.29, 1.82) is 0 Å². The van der Waals surface area contributed by atoms with Gasteiger partial charge in [0.15, 0.2) is 11.2 Å². The maximum atomic E-state index is 14.9. The van der Waals surface area contributed by atoms with Gasteiger partial charge in [0.25, 0.3) is 0 Å². The molecule has 0 aliphatic heterocycles. The van der Waals surface area contributed by atoms with Crippen LogP contribution < -0.4 is 11.1 Å². The van der Waals surface area contributed by atoms with Crippen LogP contribution in [0.5, 0.6) is 0 Å². The van der Waals surface area contributed by atoms with Gasteiger partial charge in [-0.25, -0.2) is 9.78 Å². The molecule has 3 amide bonds. The number of nitrogens with zero attached hydrogens (tertiary/aromatic N) is 4. The molecular formula is C38H58N6O6S. The van der Waals surface area contributed by atoms with E-state index in [0.29, 0.717) is 36.8 Å². The number of hydrogen-bond donors (Lipinski definition) is 3. The van der Waals surface area contributed by atoms with Crippen molar-refractivity contribution in [3.63, 3.8) is 0 Å². The summed E-state index contributed by atoms with van der Waals surface area (Å²) in [5, 5.41) is 16.5. The van der Waals surface area contributed by atoms with E-state index in [-0.39, 0.29) is 43.0 Å². The minimum atomic E-state index is -1.52. The molecule has 4 N–H and O–H groups in total. The van der Waals surface area contributed by atoms with Crippen LogP contribution in [-0.2, 0) is 36.8 Å². The smallest absolute Gasteiger partial charge is 0.337 e. The molecule has 2 aromatic heterocycles. The first kappa shape index (κ1) is 40.2. The lowest BCUT2D eigenvalue weighted by molar-refractivity contribution is -0.165. The highest BCUT2D eigenvalue weighted by Gasteiger charge is 2.41. The van der Waals surface area contributed by atoms with Crippen LogP contribution in [0.3, 0.4) is 0 Å². The van der Waals surface area contributed by atoms with Crippen molar-refractivity contribution in [3.05, 3.63) is 41.2 Å². The number of amides is 3. The second kappa shape index (κ2) is 20.5. The number of nitrogens with two attached hydrogens (primary N) is 1. The van der Waals surface area contributed by atoms with Gasteiger partial charge in [-0.2, -0.15) is 0 Å². The molecule has 0 spiro atoms. The molecule has 2 aliphatic carbocycles. The molecule has 2 fully saturated rings. The van der Waals surface area contributed by atoms with E-state index in [4.69, 9.17) is 10.5 Å². The topological polar surface area (TPSA) is 168 Å². The van der Waals surface area contributed by atoms with Gasteiger partial charge in [-0.3, -0.25) is 19.4 Å². The summed E-state index contributed by atoms with van der Waals surface area (Å²) in [5.41, 5.74) is 7.41. The number of hydrogen-bond acceptors (Lipinski definition) is 10. The molecule has 0 aromatic carbocycles. The zero-order valence-corrected chi connectivity index (χ0v) is 31.5. The Hall–Kier alpha value is -3.58. The summed E-state index contributed by atoms with van der Waals surface area (Å²) in [6, 6.07) is 4.84. The summed E-state index contributed by atoms with van der Waals surface area (Å²) < 4.78 is 5.49. The van der Waals surface area contributed by atoms with Crippen LogP contribution in [0, 0.1) is 17.8 Å². The second-order valence-corrected chi connectivity index (χ2v) is 15.6. The molecular weight excluding hydrogens is 669 g/mol. The number of aromatic nitrogens is 2. The van der Waals surface area contributed by atoms with Crippen molar-refractivity contribution in [2.75, 3.05) is 32.4 Å². The van der Waals surface area contributed by atoms with E-state index in [1.165, 1.54) is 11.3 Å². The number of aliphatic hydroxyl groups excluding tert-OH is 1. The van der Waals surface area contributed by atoms with Gasteiger partial charge in [0.2, 0.25) is 17.7 Å². The van der Waals surface area contributed by atoms with E-state index in [2.05, 4.69) is 15.3 Å². The number of thiazole rings is 1. The number of aliphatic hydroxyl groups is 1. The Bertz CT molecular complexity index is 1390. The summed E-state index contributed by atoms with van der Waals surface area (Å²) in [5.74, 6) is -2.12. The Balaban J connectivity index is 1.55. The van der Waals surface area contributed by atoms with E-state index in [1.54, 1.807) is 42.3 Å². The minimum absolute atomic E-state index is 0.154. The van der Waals surface area contributed by atoms with Gasteiger partial charge in [-0.1, -0.05) is 57.4 Å². The summed E-state index contributed by atoms with van der Waals surface area (Å²) >= 11 is 1.26. The third-order valence-corrected chi connectivity index (χ3v) is 10.9. The monoisotopic (exact) mass is 726 g/mol. The zero-order valence-electron chi connectivity index (χ0n) is 30.6. The second-order valence-electron chi connectivity index (χ2n) is 14.7. The number of nitrogens with one attached hydrogen (secondary N) is 1. The molecule has 0 bridgehead atoms. The van der Waals surface area contributed by atoms with Gasteiger partial charge in [-0.15, -0.1) is 11.3 Å². The number of rotatable bonds is 18. The fraction of sp³-hybridized carbons (Fsp3) is 0.684. The first-order chi connectivity index (χ1) is 24.5. The molecule has 282 valence electrons. The van der Waals surface area contributed by atoms with Crippen LogP contribution in [0.25, 0.3) is 0 Å². The predicted octanol–water partition coefficient (Wildman–Crippen LogP) is 4.55. The van der Waals surface area contributed by atoms with E-state index in [0.717, 1.165) is 69.9 Å². The van der Waals surface area contributed by atoms with Crippen LogP contribution >= 0.6 is 11.3 Å². The van der Waals surface area contributed by atoms with Crippen molar-refractivity contribution >= 4 is 40.2 Å². The number of pyridine rings is 1. The van der Waals surface area contributed by atoms with E-state index < -0.39 is 36.0 Å². The number of nitrogen functional groups attached to an aromatic ring is 1. The van der Waals surface area contributed by atoms with Gasteiger partial charge >= 0.3 is 5.97 Å². The van der Waals surface area contributed by atoms with Gasteiger partial charge < -0.3 is 30.7 Å². The highest BCUT2D eigenvalue weighted by Crippen LogP contribution is 2.33. The molecule has 2 saturated carbocycles. The fourth-order valence-electron chi connectivity index (χ4n) is 7.39. The fourth-order valence-corrected chi connectivity index (χ4v) is 7.97. The lowest BCUT2D eigenvalue weighted by atomic mass is 9.82. The SMILES string of the molecule is CC(C)OC(=O)[C@H](O)[C@H](CC1CCCCC1)N(CC1CCCCC1)C(=O)[C@@H](CC(=O)NCC(=O)N(C)CCc1ccccn1)Cc1csc(N)n1. The molecule has 51 heavy (non-hydrogen) atoms. The van der Waals surface area contributed by atoms with Gasteiger partial charge in [0.1, 0.15) is 0 Å². The van der Waals surface area contributed by atoms with Crippen LogP contribution in [0.15, 0.2) is 29.8 Å². The summed E-state index contributed by atoms with van der Waals surface area (Å²) in [4.78, 5) is 66.6. The predicted molar refractivity (Wildman–Crippen MR) is 197 cm³/mol. The lowest BCUT2D eigenvalue weighted by Crippen LogP contribution is -2.55. The van der Waals surface area contributed by atoms with E-state index in [9.17, 15) is 24.3 Å². The van der Waals surface area contributed by atoms with Crippen LogP contribution in [0.1, 0.15) is 102 Å². The van der Waals surface area contributed by atoms with Crippen molar-refractivity contribution in [2.45, 2.75) is 122 Å². The quantitative estimate of drug-likeness (QED) is 0.187. The molecule has 0 unspecified atom stereocenters. The number of likely N-dealkylation sites (N-methyl/N-ethyl adjacent to an activating group) is 1. The first-order valence-corrected chi connectivity index (χ1v) is 19.7. The molecule has 3 atom stereocenters. The third-order valence-electron chi connectivity index (χ3n) is 10.2. The van der Waals surface area contributed by atoms with Crippen molar-refractivity contribution in [1.82, 2.24) is 25.1 Å². The number of carbonyl (C=O) groups is 4. The van der Waals surface area contributed by atoms with Gasteiger partial charge in [0.05, 0.1) is 30.3 Å². The number of carbonyl (C=O) groups excluding carboxylic acids is 4. The van der Waals surface area contributed by atoms with E-state index >= 15 is 0 Å². The van der Waals surface area contributed by atoms with Crippen molar-refractivity contribution in [3.8, 4) is 0 Å². The van der Waals surface area contributed by atoms with Crippen molar-refractivity contribution in [2.24, 2.45) is 17.8 Å². The Morgan fingerprint density at radius 1 is 1.02 bits per heavy atom. The molecule has 2 aliphatic rings. The Morgan fingerprint density at radius 2 is 1.71 bits per heavy atom. The average Bonchev–Trinajstić information content (AvgIpc) is 3.55. The molecule has 0 saturated heterocycles. The molecule has 2 heterocycles. The molecule has 4 rings (SSSR count). The summed E-state index contributed by atoms with van der Waals surface area (Å²) in [7, 11) is 1.68. The summed E-state index contributed by atoms with van der Waals surface area (Å²) in [6.45, 7) is 4.10. The van der Waals surface area contributed by atoms with Crippen LogP contribution in [0.4, 0.5) is 5.13 Å². The van der Waals surface area contributed by atoms with Crippen LogP contribution in [-0.4, -0.2) is 93.5 Å². The summed E-state index contributed by atoms with van der Waals surface area (Å²) in [6.07, 6.45) is 11.2. The third kappa shape index (κ3) is 13.2. The van der Waals surface area contributed by atoms with Gasteiger partial charge in [0, 0.05) is 56.7 Å². The molecule has 0 radical (unpaired) electrons. The number of ether oxygens (including phenoxy) is 1.